The van der Waals surface area contributed by atoms with Gasteiger partial charge in [0, 0.05) is 31.1 Å². The van der Waals surface area contributed by atoms with Gasteiger partial charge >= 0.3 is 5.97 Å². The molecule has 0 saturated carbocycles. The number of nitrogens with zero attached hydrogens (tertiary/aromatic N) is 2. The summed E-state index contributed by atoms with van der Waals surface area (Å²) in [5.74, 6) is -0.228. The number of esters is 1. The number of rotatable bonds is 6. The molecule has 0 atom stereocenters. The number of amides is 2. The van der Waals surface area contributed by atoms with Crippen LogP contribution in [0.15, 0.2) is 29.2 Å². The van der Waals surface area contributed by atoms with Crippen molar-refractivity contribution >= 4 is 29.5 Å². The van der Waals surface area contributed by atoms with E-state index in [1.807, 2.05) is 17.0 Å². The Morgan fingerprint density at radius 1 is 0.767 bits per heavy atom. The van der Waals surface area contributed by atoms with Crippen molar-refractivity contribution in [3.63, 3.8) is 0 Å². The molecule has 2 amide bonds. The first-order valence-electron chi connectivity index (χ1n) is 11.1. The fourth-order valence-electron chi connectivity index (χ4n) is 3.93. The molecule has 2 saturated heterocycles. The van der Waals surface area contributed by atoms with Crippen molar-refractivity contribution in [1.82, 2.24) is 9.80 Å². The van der Waals surface area contributed by atoms with E-state index in [9.17, 15) is 14.4 Å². The summed E-state index contributed by atoms with van der Waals surface area (Å²) in [5.41, 5.74) is 0.412. The Balaban J connectivity index is 1.52. The minimum Gasteiger partial charge on any atom is -0.452 e. The summed E-state index contributed by atoms with van der Waals surface area (Å²) in [6.07, 6.45) is 8.78. The number of ether oxygens (including phenoxy) is 1. The van der Waals surface area contributed by atoms with Crippen LogP contribution < -0.4 is 0 Å². The third kappa shape index (κ3) is 6.76. The van der Waals surface area contributed by atoms with Gasteiger partial charge in [-0.25, -0.2) is 4.79 Å². The SMILES string of the molecule is O=C(OCC(=O)N1CCCCCC1)c1ccccc1SCC(=O)N1CCCCCC1. The maximum Gasteiger partial charge on any atom is 0.339 e. The molecular formula is C23H32N2O4S. The van der Waals surface area contributed by atoms with Crippen molar-refractivity contribution in [2.24, 2.45) is 0 Å². The Kier molecular flexibility index (Phi) is 9.05. The second-order valence-corrected chi connectivity index (χ2v) is 8.97. The smallest absolute Gasteiger partial charge is 0.339 e. The summed E-state index contributed by atoms with van der Waals surface area (Å²) in [6.45, 7) is 2.89. The Morgan fingerprint density at radius 2 is 1.30 bits per heavy atom. The molecule has 2 aliphatic heterocycles. The average molecular weight is 433 g/mol. The van der Waals surface area contributed by atoms with Crippen molar-refractivity contribution in [1.29, 1.82) is 0 Å². The summed E-state index contributed by atoms with van der Waals surface area (Å²) in [6, 6.07) is 7.14. The van der Waals surface area contributed by atoms with Crippen LogP contribution in [0.5, 0.6) is 0 Å². The third-order valence-electron chi connectivity index (χ3n) is 5.70. The molecule has 0 bridgehead atoms. The topological polar surface area (TPSA) is 66.9 Å². The second kappa shape index (κ2) is 12.0. The lowest BCUT2D eigenvalue weighted by atomic mass is 10.2. The van der Waals surface area contributed by atoms with Crippen molar-refractivity contribution in [3.05, 3.63) is 29.8 Å². The van der Waals surface area contributed by atoms with Crippen LogP contribution >= 0.6 is 11.8 Å². The van der Waals surface area contributed by atoms with Crippen LogP contribution in [0, 0.1) is 0 Å². The Labute approximate surface area is 183 Å². The van der Waals surface area contributed by atoms with Gasteiger partial charge in [-0.2, -0.15) is 0 Å². The van der Waals surface area contributed by atoms with E-state index in [1.165, 1.54) is 24.6 Å². The molecule has 1 aromatic carbocycles. The lowest BCUT2D eigenvalue weighted by molar-refractivity contribution is -0.134. The fraction of sp³-hybridized carbons (Fsp3) is 0.609. The summed E-state index contributed by atoms with van der Waals surface area (Å²) < 4.78 is 5.33. The average Bonchev–Trinajstić information content (AvgIpc) is 3.21. The molecule has 0 aliphatic carbocycles. The lowest BCUT2D eigenvalue weighted by Gasteiger charge is -2.20. The molecule has 30 heavy (non-hydrogen) atoms. The molecular weight excluding hydrogens is 400 g/mol. The lowest BCUT2D eigenvalue weighted by Crippen LogP contribution is -2.35. The minimum atomic E-state index is -0.511. The normalized spacial score (nSPS) is 17.7. The number of carbonyl (C=O) groups is 3. The highest BCUT2D eigenvalue weighted by molar-refractivity contribution is 8.00. The first kappa shape index (κ1) is 22.7. The number of hydrogen-bond acceptors (Lipinski definition) is 5. The molecule has 0 aromatic heterocycles. The first-order chi connectivity index (χ1) is 14.6. The molecule has 0 radical (unpaired) electrons. The zero-order chi connectivity index (χ0) is 21.2. The van der Waals surface area contributed by atoms with Crippen LogP contribution in [0.2, 0.25) is 0 Å². The van der Waals surface area contributed by atoms with Gasteiger partial charge in [-0.3, -0.25) is 9.59 Å². The predicted octanol–water partition coefficient (Wildman–Crippen LogP) is 3.74. The number of hydrogen-bond donors (Lipinski definition) is 0. The molecule has 2 aliphatic rings. The Morgan fingerprint density at radius 3 is 1.90 bits per heavy atom. The van der Waals surface area contributed by atoms with E-state index in [0.717, 1.165) is 64.7 Å². The van der Waals surface area contributed by atoms with Crippen molar-refractivity contribution in [2.45, 2.75) is 56.3 Å². The summed E-state index contributed by atoms with van der Waals surface area (Å²) >= 11 is 1.36. The summed E-state index contributed by atoms with van der Waals surface area (Å²) in [4.78, 5) is 42.0. The number of thioether (sulfide) groups is 1. The molecule has 0 unspecified atom stereocenters. The first-order valence-corrected chi connectivity index (χ1v) is 12.1. The zero-order valence-corrected chi connectivity index (χ0v) is 18.5. The largest absolute Gasteiger partial charge is 0.452 e. The third-order valence-corrected chi connectivity index (χ3v) is 6.76. The number of benzene rings is 1. The van der Waals surface area contributed by atoms with Gasteiger partial charge in [0.2, 0.25) is 5.91 Å². The van der Waals surface area contributed by atoms with Gasteiger partial charge in [-0.1, -0.05) is 37.8 Å². The molecule has 0 spiro atoms. The second-order valence-electron chi connectivity index (χ2n) is 7.95. The maximum atomic E-state index is 12.6. The van der Waals surface area contributed by atoms with E-state index in [4.69, 9.17) is 4.74 Å². The number of carbonyl (C=O) groups excluding carboxylic acids is 3. The van der Waals surface area contributed by atoms with Gasteiger partial charge in [0.1, 0.15) is 0 Å². The van der Waals surface area contributed by atoms with E-state index in [0.29, 0.717) is 16.2 Å². The molecule has 3 rings (SSSR count). The van der Waals surface area contributed by atoms with Gasteiger partial charge in [0.05, 0.1) is 11.3 Å². The van der Waals surface area contributed by atoms with Crippen LogP contribution in [0.1, 0.15) is 61.7 Å². The predicted molar refractivity (Wildman–Crippen MR) is 118 cm³/mol. The van der Waals surface area contributed by atoms with E-state index in [-0.39, 0.29) is 18.4 Å². The maximum absolute atomic E-state index is 12.6. The van der Waals surface area contributed by atoms with Crippen LogP contribution in [-0.4, -0.2) is 66.1 Å². The van der Waals surface area contributed by atoms with Gasteiger partial charge in [-0.05, 0) is 37.8 Å². The highest BCUT2D eigenvalue weighted by atomic mass is 32.2. The fourth-order valence-corrected chi connectivity index (χ4v) is 4.87. The Bertz CT molecular complexity index is 724. The molecule has 164 valence electrons. The van der Waals surface area contributed by atoms with Gasteiger partial charge in [-0.15, -0.1) is 11.8 Å². The van der Waals surface area contributed by atoms with Gasteiger partial charge < -0.3 is 14.5 Å². The quantitative estimate of drug-likeness (QED) is 0.506. The molecule has 2 heterocycles. The highest BCUT2D eigenvalue weighted by Gasteiger charge is 2.21. The zero-order valence-electron chi connectivity index (χ0n) is 17.6. The van der Waals surface area contributed by atoms with Crippen LogP contribution in [0.4, 0.5) is 0 Å². The van der Waals surface area contributed by atoms with E-state index in [1.54, 1.807) is 17.0 Å². The molecule has 7 heteroatoms. The molecule has 1 aromatic rings. The van der Waals surface area contributed by atoms with E-state index in [2.05, 4.69) is 0 Å². The summed E-state index contributed by atoms with van der Waals surface area (Å²) in [5, 5.41) is 0. The van der Waals surface area contributed by atoms with E-state index < -0.39 is 5.97 Å². The van der Waals surface area contributed by atoms with Crippen LogP contribution in [0.25, 0.3) is 0 Å². The monoisotopic (exact) mass is 432 g/mol. The van der Waals surface area contributed by atoms with Gasteiger partial charge in [0.25, 0.3) is 5.91 Å². The van der Waals surface area contributed by atoms with Gasteiger partial charge in [0.15, 0.2) is 6.61 Å². The standard InChI is InChI=1S/C23H32N2O4S/c26-21(24-13-7-1-2-8-14-24)17-29-23(28)19-11-5-6-12-20(19)30-18-22(27)25-15-9-3-4-10-16-25/h5-6,11-12H,1-4,7-10,13-18H2. The minimum absolute atomic E-state index is 0.112. The summed E-state index contributed by atoms with van der Waals surface area (Å²) in [7, 11) is 0. The van der Waals surface area contributed by atoms with Crippen molar-refractivity contribution < 1.29 is 19.1 Å². The van der Waals surface area contributed by atoms with Crippen LogP contribution in [-0.2, 0) is 14.3 Å². The molecule has 6 nitrogen and oxygen atoms in total. The number of likely N-dealkylation sites (tertiary alicyclic amines) is 2. The molecule has 0 N–H and O–H groups in total. The Hall–Kier alpha value is -2.02. The van der Waals surface area contributed by atoms with E-state index >= 15 is 0 Å². The highest BCUT2D eigenvalue weighted by Crippen LogP contribution is 2.24. The van der Waals surface area contributed by atoms with Crippen molar-refractivity contribution in [3.8, 4) is 0 Å². The van der Waals surface area contributed by atoms with Crippen LogP contribution in [0.3, 0.4) is 0 Å². The van der Waals surface area contributed by atoms with Crippen molar-refractivity contribution in [2.75, 3.05) is 38.5 Å². The molecule has 2 fully saturated rings.